The van der Waals surface area contributed by atoms with Gasteiger partial charge in [-0.05, 0) is 49.7 Å². The van der Waals surface area contributed by atoms with E-state index >= 15 is 0 Å². The quantitative estimate of drug-likeness (QED) is 0.811. The van der Waals surface area contributed by atoms with Crippen LogP contribution in [0.25, 0.3) is 0 Å². The third-order valence-corrected chi connectivity index (χ3v) is 3.27. The molecule has 2 rings (SSSR count). The van der Waals surface area contributed by atoms with Crippen LogP contribution in [-0.2, 0) is 11.4 Å². The Hall–Kier alpha value is -2.89. The summed E-state index contributed by atoms with van der Waals surface area (Å²) in [6, 6.07) is 12.7. The summed E-state index contributed by atoms with van der Waals surface area (Å²) < 4.78 is 18.5. The van der Waals surface area contributed by atoms with E-state index in [1.807, 2.05) is 13.8 Å². The second-order valence-corrected chi connectivity index (χ2v) is 5.85. The maximum atomic E-state index is 12.9. The first-order valence-electron chi connectivity index (χ1n) is 7.99. The standard InChI is InChI=1S/C19H21FN2O3/c1-13(2)22-18(23)11-21-19(24)15-4-3-5-17(10-15)25-12-14-6-8-16(20)9-7-14/h3-10,13H,11-12H2,1-2H3,(H,21,24)(H,22,23). The van der Waals surface area contributed by atoms with Gasteiger partial charge in [0.15, 0.2) is 0 Å². The summed E-state index contributed by atoms with van der Waals surface area (Å²) >= 11 is 0. The van der Waals surface area contributed by atoms with E-state index in [1.54, 1.807) is 36.4 Å². The number of carbonyl (C=O) groups is 2. The van der Waals surface area contributed by atoms with Gasteiger partial charge in [-0.1, -0.05) is 18.2 Å². The van der Waals surface area contributed by atoms with Gasteiger partial charge in [-0.3, -0.25) is 9.59 Å². The fourth-order valence-electron chi connectivity index (χ4n) is 2.11. The molecule has 0 aliphatic rings. The van der Waals surface area contributed by atoms with Crippen molar-refractivity contribution in [3.63, 3.8) is 0 Å². The van der Waals surface area contributed by atoms with Crippen LogP contribution in [-0.4, -0.2) is 24.4 Å². The summed E-state index contributed by atoms with van der Waals surface area (Å²) in [6.45, 7) is 3.88. The van der Waals surface area contributed by atoms with Crippen molar-refractivity contribution in [2.45, 2.75) is 26.5 Å². The molecule has 0 saturated heterocycles. The molecule has 2 amide bonds. The molecule has 0 aliphatic heterocycles. The second kappa shape index (κ2) is 8.82. The lowest BCUT2D eigenvalue weighted by atomic mass is 10.2. The lowest BCUT2D eigenvalue weighted by Gasteiger charge is -2.10. The van der Waals surface area contributed by atoms with Crippen LogP contribution in [0, 0.1) is 5.82 Å². The number of ether oxygens (including phenoxy) is 1. The van der Waals surface area contributed by atoms with E-state index < -0.39 is 0 Å². The molecule has 2 N–H and O–H groups in total. The summed E-state index contributed by atoms with van der Waals surface area (Å²) in [4.78, 5) is 23.7. The number of nitrogens with one attached hydrogen (secondary N) is 2. The predicted molar refractivity (Wildman–Crippen MR) is 92.8 cm³/mol. The number of hydrogen-bond donors (Lipinski definition) is 2. The molecule has 0 aromatic heterocycles. The van der Waals surface area contributed by atoms with Crippen LogP contribution >= 0.6 is 0 Å². The fraction of sp³-hybridized carbons (Fsp3) is 0.263. The highest BCUT2D eigenvalue weighted by Crippen LogP contribution is 2.15. The van der Waals surface area contributed by atoms with Gasteiger partial charge in [0.25, 0.3) is 5.91 Å². The van der Waals surface area contributed by atoms with Crippen molar-refractivity contribution in [2.75, 3.05) is 6.54 Å². The molecule has 0 bridgehead atoms. The minimum Gasteiger partial charge on any atom is -0.489 e. The summed E-state index contributed by atoms with van der Waals surface area (Å²) in [5.41, 5.74) is 1.22. The van der Waals surface area contributed by atoms with Crippen molar-refractivity contribution in [3.05, 3.63) is 65.5 Å². The van der Waals surface area contributed by atoms with Crippen LogP contribution in [0.15, 0.2) is 48.5 Å². The van der Waals surface area contributed by atoms with Gasteiger partial charge >= 0.3 is 0 Å². The van der Waals surface area contributed by atoms with E-state index in [4.69, 9.17) is 4.74 Å². The Bertz CT molecular complexity index is 730. The third kappa shape index (κ3) is 6.25. The van der Waals surface area contributed by atoms with Crippen molar-refractivity contribution in [1.29, 1.82) is 0 Å². The first-order valence-corrected chi connectivity index (χ1v) is 7.99. The fourth-order valence-corrected chi connectivity index (χ4v) is 2.11. The molecule has 6 heteroatoms. The topological polar surface area (TPSA) is 67.4 Å². The Balaban J connectivity index is 1.90. The van der Waals surface area contributed by atoms with E-state index in [0.717, 1.165) is 5.56 Å². The van der Waals surface area contributed by atoms with E-state index in [2.05, 4.69) is 10.6 Å². The van der Waals surface area contributed by atoms with E-state index in [9.17, 15) is 14.0 Å². The molecule has 2 aromatic rings. The van der Waals surface area contributed by atoms with Gasteiger partial charge in [0.1, 0.15) is 18.2 Å². The van der Waals surface area contributed by atoms with E-state index in [0.29, 0.717) is 11.3 Å². The second-order valence-electron chi connectivity index (χ2n) is 5.85. The summed E-state index contributed by atoms with van der Waals surface area (Å²) in [5, 5.41) is 5.26. The smallest absolute Gasteiger partial charge is 0.251 e. The molecule has 0 heterocycles. The number of carbonyl (C=O) groups excluding carboxylic acids is 2. The normalized spacial score (nSPS) is 10.4. The largest absolute Gasteiger partial charge is 0.489 e. The maximum absolute atomic E-state index is 12.9. The summed E-state index contributed by atoms with van der Waals surface area (Å²) in [7, 11) is 0. The Morgan fingerprint density at radius 1 is 1.12 bits per heavy atom. The van der Waals surface area contributed by atoms with Crippen molar-refractivity contribution < 1.29 is 18.7 Å². The first kappa shape index (κ1) is 18.4. The van der Waals surface area contributed by atoms with Gasteiger partial charge in [-0.25, -0.2) is 4.39 Å². The Labute approximate surface area is 146 Å². The predicted octanol–water partition coefficient (Wildman–Crippen LogP) is 2.66. The van der Waals surface area contributed by atoms with Crippen LogP contribution in [0.5, 0.6) is 5.75 Å². The molecular formula is C19H21FN2O3. The first-order chi connectivity index (χ1) is 11.9. The molecule has 0 atom stereocenters. The van der Waals surface area contributed by atoms with Crippen LogP contribution < -0.4 is 15.4 Å². The molecular weight excluding hydrogens is 323 g/mol. The van der Waals surface area contributed by atoms with E-state index in [1.165, 1.54) is 12.1 Å². The highest BCUT2D eigenvalue weighted by Gasteiger charge is 2.09. The molecule has 0 spiro atoms. The van der Waals surface area contributed by atoms with Gasteiger partial charge in [0.2, 0.25) is 5.91 Å². The lowest BCUT2D eigenvalue weighted by Crippen LogP contribution is -2.39. The lowest BCUT2D eigenvalue weighted by molar-refractivity contribution is -0.120. The SMILES string of the molecule is CC(C)NC(=O)CNC(=O)c1cccc(OCc2ccc(F)cc2)c1. The third-order valence-electron chi connectivity index (χ3n) is 3.27. The minimum atomic E-state index is -0.355. The molecule has 2 aromatic carbocycles. The van der Waals surface area contributed by atoms with Crippen molar-refractivity contribution in [2.24, 2.45) is 0 Å². The highest BCUT2D eigenvalue weighted by atomic mass is 19.1. The van der Waals surface area contributed by atoms with E-state index in [-0.39, 0.29) is 36.8 Å². The summed E-state index contributed by atoms with van der Waals surface area (Å²) in [6.07, 6.45) is 0. The average molecular weight is 344 g/mol. The van der Waals surface area contributed by atoms with Gasteiger partial charge in [-0.2, -0.15) is 0 Å². The van der Waals surface area contributed by atoms with Crippen molar-refractivity contribution in [1.82, 2.24) is 10.6 Å². The molecule has 25 heavy (non-hydrogen) atoms. The van der Waals surface area contributed by atoms with Crippen molar-refractivity contribution >= 4 is 11.8 Å². The van der Waals surface area contributed by atoms with Crippen molar-refractivity contribution in [3.8, 4) is 5.75 Å². The van der Waals surface area contributed by atoms with Crippen LogP contribution in [0.2, 0.25) is 0 Å². The zero-order valence-electron chi connectivity index (χ0n) is 14.2. The van der Waals surface area contributed by atoms with Crippen LogP contribution in [0.3, 0.4) is 0 Å². The maximum Gasteiger partial charge on any atom is 0.251 e. The number of benzene rings is 2. The Morgan fingerprint density at radius 2 is 1.84 bits per heavy atom. The van der Waals surface area contributed by atoms with Gasteiger partial charge < -0.3 is 15.4 Å². The van der Waals surface area contributed by atoms with Gasteiger partial charge in [0, 0.05) is 11.6 Å². The number of hydrogen-bond acceptors (Lipinski definition) is 3. The Kier molecular flexibility index (Phi) is 6.51. The number of halogens is 1. The zero-order valence-corrected chi connectivity index (χ0v) is 14.2. The molecule has 0 saturated carbocycles. The molecule has 0 radical (unpaired) electrons. The zero-order chi connectivity index (χ0) is 18.2. The molecule has 0 aliphatic carbocycles. The number of amides is 2. The molecule has 132 valence electrons. The van der Waals surface area contributed by atoms with Crippen LogP contribution in [0.1, 0.15) is 29.8 Å². The monoisotopic (exact) mass is 344 g/mol. The minimum absolute atomic E-state index is 0.0209. The van der Waals surface area contributed by atoms with Crippen LogP contribution in [0.4, 0.5) is 4.39 Å². The molecule has 5 nitrogen and oxygen atoms in total. The highest BCUT2D eigenvalue weighted by molar-refractivity contribution is 5.96. The average Bonchev–Trinajstić information content (AvgIpc) is 2.59. The van der Waals surface area contributed by atoms with Gasteiger partial charge in [-0.15, -0.1) is 0 Å². The Morgan fingerprint density at radius 3 is 2.52 bits per heavy atom. The summed E-state index contributed by atoms with van der Waals surface area (Å²) in [5.74, 6) is -0.384. The molecule has 0 fully saturated rings. The van der Waals surface area contributed by atoms with Gasteiger partial charge in [0.05, 0.1) is 6.54 Å². The molecule has 0 unspecified atom stereocenters. The number of rotatable bonds is 7.